The number of carbonyl (C=O) groups is 1. The number of alkyl halides is 3. The minimum Gasteiger partial charge on any atom is -0.349 e. The molecule has 1 fully saturated rings. The third-order valence-electron chi connectivity index (χ3n) is 8.10. The highest BCUT2D eigenvalue weighted by Crippen LogP contribution is 2.32. The minimum atomic E-state index is -4.74. The van der Waals surface area contributed by atoms with Crippen molar-refractivity contribution >= 4 is 15.9 Å². The summed E-state index contributed by atoms with van der Waals surface area (Å²) >= 11 is 0. The Morgan fingerprint density at radius 1 is 1.05 bits per heavy atom. The molecule has 236 valence electrons. The van der Waals surface area contributed by atoms with Gasteiger partial charge in [0.1, 0.15) is 11.6 Å². The van der Waals surface area contributed by atoms with Crippen LogP contribution in [0.15, 0.2) is 59.6 Å². The van der Waals surface area contributed by atoms with Crippen LogP contribution >= 0.6 is 0 Å². The molecule has 0 saturated carbocycles. The number of aryl methyl sites for hydroxylation is 1. The highest BCUT2D eigenvalue weighted by molar-refractivity contribution is 7.89. The van der Waals surface area contributed by atoms with Crippen LogP contribution < -0.4 is 10.0 Å². The summed E-state index contributed by atoms with van der Waals surface area (Å²) in [7, 11) is -4.49. The molecule has 0 spiro atoms. The van der Waals surface area contributed by atoms with Crippen molar-refractivity contribution in [3.63, 3.8) is 0 Å². The second kappa shape index (κ2) is 13.7. The van der Waals surface area contributed by atoms with Gasteiger partial charge in [-0.2, -0.15) is 13.2 Å². The fraction of sp³-hybridized carbons (Fsp3) is 0.452. The van der Waals surface area contributed by atoms with Crippen LogP contribution in [0.5, 0.6) is 0 Å². The Kier molecular flexibility index (Phi) is 9.96. The fourth-order valence-corrected chi connectivity index (χ4v) is 7.03. The van der Waals surface area contributed by atoms with E-state index in [0.29, 0.717) is 12.5 Å². The van der Waals surface area contributed by atoms with Crippen LogP contribution in [0, 0.1) is 5.82 Å². The molecule has 3 aromatic rings. The first-order valence-electron chi connectivity index (χ1n) is 14.8. The molecule has 13 heteroatoms. The second-order valence-corrected chi connectivity index (χ2v) is 13.0. The third kappa shape index (κ3) is 8.19. The Morgan fingerprint density at radius 2 is 1.80 bits per heavy atom. The van der Waals surface area contributed by atoms with Crippen molar-refractivity contribution in [2.24, 2.45) is 0 Å². The van der Waals surface area contributed by atoms with Gasteiger partial charge in [-0.1, -0.05) is 24.6 Å². The number of hydrogen-bond acceptors (Lipinski definition) is 6. The predicted octanol–water partition coefficient (Wildman–Crippen LogP) is 5.27. The zero-order valence-corrected chi connectivity index (χ0v) is 24.9. The quantitative estimate of drug-likeness (QED) is 0.295. The van der Waals surface area contributed by atoms with Crippen molar-refractivity contribution < 1.29 is 30.8 Å². The topological polar surface area (TPSA) is 104 Å². The molecule has 1 amide bonds. The number of sulfonamides is 1. The summed E-state index contributed by atoms with van der Waals surface area (Å²) in [6.45, 7) is 3.09. The van der Waals surface area contributed by atoms with Gasteiger partial charge in [0, 0.05) is 36.8 Å². The van der Waals surface area contributed by atoms with E-state index in [1.54, 1.807) is 6.20 Å². The average Bonchev–Trinajstić information content (AvgIpc) is 3.00. The van der Waals surface area contributed by atoms with Crippen LogP contribution in [-0.4, -0.2) is 48.8 Å². The van der Waals surface area contributed by atoms with Crippen molar-refractivity contribution in [1.29, 1.82) is 0 Å². The molecule has 1 aromatic heterocycles. The van der Waals surface area contributed by atoms with Crippen LogP contribution in [0.3, 0.4) is 0 Å². The summed E-state index contributed by atoms with van der Waals surface area (Å²) in [5.74, 6) is -0.286. The number of benzene rings is 2. The maximum atomic E-state index is 13.7. The number of aromatic nitrogens is 2. The van der Waals surface area contributed by atoms with E-state index in [4.69, 9.17) is 4.98 Å². The summed E-state index contributed by atoms with van der Waals surface area (Å²) in [5.41, 5.74) is 0.854. The normalized spacial score (nSPS) is 18.4. The van der Waals surface area contributed by atoms with E-state index in [2.05, 4.69) is 19.9 Å². The highest BCUT2D eigenvalue weighted by Gasteiger charge is 2.33. The molecule has 2 heterocycles. The SMILES string of the molecule is O=C(C[C@@H](NS(=O)(=O)c1cccc(C(F)(F)F)c1)c1ccc(F)cc1)NC1CCCc2nc(CCN3CCCCC3)ncc21. The molecule has 2 atom stereocenters. The third-order valence-corrected chi connectivity index (χ3v) is 9.57. The van der Waals surface area contributed by atoms with Gasteiger partial charge in [-0.15, -0.1) is 0 Å². The Bertz CT molecular complexity index is 1560. The van der Waals surface area contributed by atoms with Crippen LogP contribution in [0.1, 0.15) is 78.8 Å². The largest absolute Gasteiger partial charge is 0.416 e. The highest BCUT2D eigenvalue weighted by atomic mass is 32.2. The molecule has 5 rings (SSSR count). The van der Waals surface area contributed by atoms with Gasteiger partial charge >= 0.3 is 6.18 Å². The van der Waals surface area contributed by atoms with Gasteiger partial charge in [0.15, 0.2) is 0 Å². The van der Waals surface area contributed by atoms with Crippen molar-refractivity contribution in [2.45, 2.75) is 74.5 Å². The van der Waals surface area contributed by atoms with E-state index in [0.717, 1.165) is 86.3 Å². The van der Waals surface area contributed by atoms with Crippen molar-refractivity contribution in [3.8, 4) is 0 Å². The average molecular weight is 634 g/mol. The molecule has 1 aliphatic carbocycles. The zero-order chi connectivity index (χ0) is 31.3. The molecule has 44 heavy (non-hydrogen) atoms. The molecule has 1 saturated heterocycles. The van der Waals surface area contributed by atoms with Crippen LogP contribution in [0.4, 0.5) is 17.6 Å². The van der Waals surface area contributed by atoms with Gasteiger partial charge < -0.3 is 10.2 Å². The number of halogens is 4. The second-order valence-electron chi connectivity index (χ2n) is 11.3. The van der Waals surface area contributed by atoms with Crippen LogP contribution in [0.2, 0.25) is 0 Å². The van der Waals surface area contributed by atoms with E-state index in [1.807, 2.05) is 0 Å². The maximum Gasteiger partial charge on any atom is 0.416 e. The number of likely N-dealkylation sites (tertiary alicyclic amines) is 1. The first kappa shape index (κ1) is 32.0. The number of nitrogens with one attached hydrogen (secondary N) is 2. The van der Waals surface area contributed by atoms with Gasteiger partial charge in [-0.05, 0) is 81.1 Å². The Morgan fingerprint density at radius 3 is 2.52 bits per heavy atom. The molecular formula is C31H35F4N5O3S. The van der Waals surface area contributed by atoms with Crippen LogP contribution in [0.25, 0.3) is 0 Å². The standard InChI is InChI=1S/C31H35F4N5O3S/c32-23-12-10-21(11-13-23)28(39-44(42,43)24-7-4-6-22(18-24)31(33,34)35)19-30(41)38-27-9-5-8-26-25(27)20-36-29(37-26)14-17-40-15-2-1-3-16-40/h4,6-7,10-13,18,20,27-28,39H,1-3,5,8-9,14-17,19H2,(H,38,41)/t27?,28-/m1/s1. The lowest BCUT2D eigenvalue weighted by Gasteiger charge is -2.28. The van der Waals surface area contributed by atoms with E-state index >= 15 is 0 Å². The van der Waals surface area contributed by atoms with Gasteiger partial charge in [0.2, 0.25) is 15.9 Å². The van der Waals surface area contributed by atoms with Gasteiger partial charge in [0.05, 0.1) is 22.5 Å². The lowest BCUT2D eigenvalue weighted by molar-refractivity contribution is -0.137. The fourth-order valence-electron chi connectivity index (χ4n) is 5.76. The number of amides is 1. The summed E-state index contributed by atoms with van der Waals surface area (Å²) in [4.78, 5) is 24.5. The summed E-state index contributed by atoms with van der Waals surface area (Å²) in [6.07, 6.45) is 3.28. The van der Waals surface area contributed by atoms with Crippen LogP contribution in [-0.2, 0) is 33.8 Å². The van der Waals surface area contributed by atoms with E-state index in [-0.39, 0.29) is 18.0 Å². The number of fused-ring (bicyclic) bond motifs is 1. The molecule has 2 aromatic carbocycles. The van der Waals surface area contributed by atoms with Gasteiger partial charge in [-0.3, -0.25) is 4.79 Å². The van der Waals surface area contributed by atoms with E-state index in [9.17, 15) is 30.8 Å². The molecular weight excluding hydrogens is 598 g/mol. The Labute approximate surface area is 254 Å². The van der Waals surface area contributed by atoms with E-state index < -0.39 is 44.4 Å². The number of carbonyl (C=O) groups excluding carboxylic acids is 1. The Hall–Kier alpha value is -3.42. The first-order chi connectivity index (χ1) is 21.0. The molecule has 0 bridgehead atoms. The Balaban J connectivity index is 1.29. The number of nitrogens with zero attached hydrogens (tertiary/aromatic N) is 3. The minimum absolute atomic E-state index is 0.280. The first-order valence-corrected chi connectivity index (χ1v) is 16.3. The predicted molar refractivity (Wildman–Crippen MR) is 155 cm³/mol. The smallest absolute Gasteiger partial charge is 0.349 e. The lowest BCUT2D eigenvalue weighted by Crippen LogP contribution is -2.36. The van der Waals surface area contributed by atoms with Crippen molar-refractivity contribution in [3.05, 3.63) is 88.8 Å². The summed E-state index contributed by atoms with van der Waals surface area (Å²) in [5, 5.41) is 2.96. The molecule has 2 aliphatic rings. The monoisotopic (exact) mass is 633 g/mol. The zero-order valence-electron chi connectivity index (χ0n) is 24.1. The van der Waals surface area contributed by atoms with Crippen molar-refractivity contribution in [1.82, 2.24) is 24.9 Å². The summed E-state index contributed by atoms with van der Waals surface area (Å²) in [6, 6.07) is 6.69. The number of piperidine rings is 1. The lowest BCUT2D eigenvalue weighted by atomic mass is 9.92. The molecule has 8 nitrogen and oxygen atoms in total. The molecule has 0 radical (unpaired) electrons. The van der Waals surface area contributed by atoms with Gasteiger partial charge in [0.25, 0.3) is 0 Å². The van der Waals surface area contributed by atoms with Crippen molar-refractivity contribution in [2.75, 3.05) is 19.6 Å². The number of rotatable bonds is 10. The molecule has 1 aliphatic heterocycles. The maximum absolute atomic E-state index is 13.7. The van der Waals surface area contributed by atoms with E-state index in [1.165, 1.54) is 31.4 Å². The van der Waals surface area contributed by atoms with Gasteiger partial charge in [-0.25, -0.2) is 27.5 Å². The number of hydrogen-bond donors (Lipinski definition) is 2. The summed E-state index contributed by atoms with van der Waals surface area (Å²) < 4.78 is 82.1. The molecule has 1 unspecified atom stereocenters. The molecule has 2 N–H and O–H groups in total.